The third-order valence-electron chi connectivity index (χ3n) is 2.71. The van der Waals surface area contributed by atoms with Gasteiger partial charge in [0.1, 0.15) is 0 Å². The Balaban J connectivity index is 0.000000980. The number of aromatic nitrogens is 1. The predicted octanol–water partition coefficient (Wildman–Crippen LogP) is 2.47. The predicted molar refractivity (Wildman–Crippen MR) is 68.0 cm³/mol. The minimum Gasteiger partial charge on any atom is -0.317 e. The molecule has 0 bridgehead atoms. The Labute approximate surface area is 104 Å². The van der Waals surface area contributed by atoms with Crippen LogP contribution in [0.5, 0.6) is 0 Å². The topological polar surface area (TPSA) is 24.9 Å². The van der Waals surface area contributed by atoms with Crippen molar-refractivity contribution in [1.82, 2.24) is 10.3 Å². The molecule has 1 aliphatic heterocycles. The molecular weight excluding hydrogens is 231 g/mol. The van der Waals surface area contributed by atoms with Crippen LogP contribution in [0.3, 0.4) is 0 Å². The van der Waals surface area contributed by atoms with Crippen LogP contribution in [0.2, 0.25) is 0 Å². The molecule has 0 saturated carbocycles. The first-order chi connectivity index (χ1) is 6.45. The van der Waals surface area contributed by atoms with E-state index in [1.807, 2.05) is 18.5 Å². The Morgan fingerprint density at radius 3 is 2.60 bits per heavy atom. The quantitative estimate of drug-likeness (QED) is 0.870. The van der Waals surface area contributed by atoms with Gasteiger partial charge in [0.25, 0.3) is 0 Å². The minimum atomic E-state index is 0. The minimum absolute atomic E-state index is 0. The van der Waals surface area contributed by atoms with Gasteiger partial charge in [0.2, 0.25) is 0 Å². The van der Waals surface area contributed by atoms with Crippen molar-refractivity contribution in [1.29, 1.82) is 0 Å². The number of nitrogens with zero attached hydrogens (tertiary/aromatic N) is 1. The van der Waals surface area contributed by atoms with Gasteiger partial charge in [-0.1, -0.05) is 6.07 Å². The van der Waals surface area contributed by atoms with Crippen LogP contribution in [0.1, 0.15) is 18.4 Å². The molecule has 1 saturated heterocycles. The molecule has 0 aliphatic carbocycles. The zero-order chi connectivity index (χ0) is 8.93. The zero-order valence-corrected chi connectivity index (χ0v) is 10.3. The van der Waals surface area contributed by atoms with Crippen molar-refractivity contribution in [2.24, 2.45) is 5.92 Å². The van der Waals surface area contributed by atoms with Crippen LogP contribution in [0, 0.1) is 5.92 Å². The van der Waals surface area contributed by atoms with Gasteiger partial charge < -0.3 is 5.32 Å². The van der Waals surface area contributed by atoms with Crippen LogP contribution in [0.15, 0.2) is 24.5 Å². The van der Waals surface area contributed by atoms with Gasteiger partial charge in [0.15, 0.2) is 0 Å². The van der Waals surface area contributed by atoms with E-state index in [1.165, 1.54) is 37.9 Å². The molecule has 1 fully saturated rings. The highest BCUT2D eigenvalue weighted by atomic mass is 35.5. The van der Waals surface area contributed by atoms with E-state index in [1.54, 1.807) is 0 Å². The highest BCUT2D eigenvalue weighted by Crippen LogP contribution is 2.16. The molecule has 0 atom stereocenters. The highest BCUT2D eigenvalue weighted by molar-refractivity contribution is 5.85. The molecule has 0 aromatic carbocycles. The Morgan fingerprint density at radius 2 is 2.00 bits per heavy atom. The molecule has 15 heavy (non-hydrogen) atoms. The molecule has 4 heteroatoms. The molecule has 0 unspecified atom stereocenters. The fourth-order valence-electron chi connectivity index (χ4n) is 1.94. The third kappa shape index (κ3) is 4.83. The number of nitrogens with one attached hydrogen (secondary N) is 1. The molecule has 86 valence electrons. The number of halogens is 2. The average molecular weight is 249 g/mol. The molecule has 0 spiro atoms. The van der Waals surface area contributed by atoms with E-state index >= 15 is 0 Å². The number of hydrogen-bond acceptors (Lipinski definition) is 2. The second-order valence-electron chi connectivity index (χ2n) is 3.76. The highest BCUT2D eigenvalue weighted by Gasteiger charge is 2.12. The summed E-state index contributed by atoms with van der Waals surface area (Å²) in [6.07, 6.45) is 7.66. The van der Waals surface area contributed by atoms with E-state index in [-0.39, 0.29) is 24.8 Å². The smallest absolute Gasteiger partial charge is 0.0299 e. The molecule has 2 nitrogen and oxygen atoms in total. The lowest BCUT2D eigenvalue weighted by atomic mass is 9.92. The summed E-state index contributed by atoms with van der Waals surface area (Å²) in [7, 11) is 0. The van der Waals surface area contributed by atoms with E-state index in [4.69, 9.17) is 0 Å². The molecular formula is C11H18Cl2N2. The molecule has 1 aromatic heterocycles. The normalized spacial score (nSPS) is 16.3. The lowest BCUT2D eigenvalue weighted by Crippen LogP contribution is -2.28. The summed E-state index contributed by atoms with van der Waals surface area (Å²) < 4.78 is 0. The fraction of sp³-hybridized carbons (Fsp3) is 0.545. The van der Waals surface area contributed by atoms with Crippen molar-refractivity contribution >= 4 is 24.8 Å². The molecule has 1 aromatic rings. The number of piperidine rings is 1. The van der Waals surface area contributed by atoms with E-state index in [0.29, 0.717) is 0 Å². The zero-order valence-electron chi connectivity index (χ0n) is 8.69. The number of rotatable bonds is 2. The van der Waals surface area contributed by atoms with E-state index < -0.39 is 0 Å². The van der Waals surface area contributed by atoms with Gasteiger partial charge in [-0.05, 0) is 49.9 Å². The fourth-order valence-corrected chi connectivity index (χ4v) is 1.94. The van der Waals surface area contributed by atoms with Crippen molar-refractivity contribution < 1.29 is 0 Å². The first-order valence-corrected chi connectivity index (χ1v) is 5.05. The van der Waals surface area contributed by atoms with Gasteiger partial charge in [0, 0.05) is 12.4 Å². The molecule has 0 amide bonds. The van der Waals surface area contributed by atoms with Gasteiger partial charge in [-0.25, -0.2) is 0 Å². The van der Waals surface area contributed by atoms with Crippen molar-refractivity contribution in [3.05, 3.63) is 30.1 Å². The Bertz CT molecular complexity index is 248. The monoisotopic (exact) mass is 248 g/mol. The van der Waals surface area contributed by atoms with E-state index in [2.05, 4.69) is 16.4 Å². The Morgan fingerprint density at radius 1 is 1.27 bits per heavy atom. The summed E-state index contributed by atoms with van der Waals surface area (Å²) in [6, 6.07) is 4.20. The first-order valence-electron chi connectivity index (χ1n) is 5.05. The van der Waals surface area contributed by atoms with Crippen molar-refractivity contribution in [3.63, 3.8) is 0 Å². The molecule has 2 rings (SSSR count). The summed E-state index contributed by atoms with van der Waals surface area (Å²) in [5.74, 6) is 0.866. The lowest BCUT2D eigenvalue weighted by molar-refractivity contribution is 0.372. The summed E-state index contributed by atoms with van der Waals surface area (Å²) >= 11 is 0. The molecule has 1 N–H and O–H groups in total. The maximum atomic E-state index is 4.13. The van der Waals surface area contributed by atoms with E-state index in [9.17, 15) is 0 Å². The van der Waals surface area contributed by atoms with Crippen LogP contribution in [-0.2, 0) is 6.42 Å². The van der Waals surface area contributed by atoms with Crippen LogP contribution < -0.4 is 5.32 Å². The van der Waals surface area contributed by atoms with Crippen molar-refractivity contribution in [2.45, 2.75) is 19.3 Å². The van der Waals surface area contributed by atoms with Crippen molar-refractivity contribution in [2.75, 3.05) is 13.1 Å². The summed E-state index contributed by atoms with van der Waals surface area (Å²) in [5.41, 5.74) is 1.38. The molecule has 2 heterocycles. The Hall–Kier alpha value is -0.310. The van der Waals surface area contributed by atoms with Crippen LogP contribution in [0.25, 0.3) is 0 Å². The number of hydrogen-bond donors (Lipinski definition) is 1. The average Bonchev–Trinajstić information content (AvgIpc) is 2.21. The molecule has 1 aliphatic rings. The van der Waals surface area contributed by atoms with Crippen LogP contribution in [0.4, 0.5) is 0 Å². The van der Waals surface area contributed by atoms with Crippen LogP contribution in [-0.4, -0.2) is 18.1 Å². The maximum Gasteiger partial charge on any atom is 0.0299 e. The largest absolute Gasteiger partial charge is 0.317 e. The first kappa shape index (κ1) is 14.7. The lowest BCUT2D eigenvalue weighted by Gasteiger charge is -2.22. The van der Waals surface area contributed by atoms with Crippen LogP contribution >= 0.6 is 24.8 Å². The van der Waals surface area contributed by atoms with Crippen molar-refractivity contribution in [3.8, 4) is 0 Å². The molecule has 0 radical (unpaired) electrons. The van der Waals surface area contributed by atoms with E-state index in [0.717, 1.165) is 5.92 Å². The standard InChI is InChI=1S/C11H16N2.2ClH/c1-2-11(9-13-5-1)8-10-3-6-12-7-4-10;;/h1-2,5,9-10,12H,3-4,6-8H2;2*1H. The number of pyridine rings is 1. The Kier molecular flexibility index (Phi) is 7.75. The van der Waals surface area contributed by atoms with Gasteiger partial charge in [-0.15, -0.1) is 24.8 Å². The van der Waals surface area contributed by atoms with Gasteiger partial charge >= 0.3 is 0 Å². The van der Waals surface area contributed by atoms with Gasteiger partial charge in [-0.3, -0.25) is 4.98 Å². The second kappa shape index (κ2) is 7.91. The summed E-state index contributed by atoms with van der Waals surface area (Å²) in [4.78, 5) is 4.13. The maximum absolute atomic E-state index is 4.13. The second-order valence-corrected chi connectivity index (χ2v) is 3.76. The van der Waals surface area contributed by atoms with Gasteiger partial charge in [-0.2, -0.15) is 0 Å². The summed E-state index contributed by atoms with van der Waals surface area (Å²) in [6.45, 7) is 2.37. The third-order valence-corrected chi connectivity index (χ3v) is 2.71. The van der Waals surface area contributed by atoms with Gasteiger partial charge in [0.05, 0.1) is 0 Å². The summed E-state index contributed by atoms with van der Waals surface area (Å²) in [5, 5.41) is 3.38. The SMILES string of the molecule is Cl.Cl.c1cncc(CC2CCNCC2)c1.